The number of anilines is 1. The third-order valence-electron chi connectivity index (χ3n) is 3.29. The van der Waals surface area contributed by atoms with Crippen molar-refractivity contribution in [1.29, 1.82) is 0 Å². The van der Waals surface area contributed by atoms with Gasteiger partial charge >= 0.3 is 12.2 Å². The number of hydrogen-bond acceptors (Lipinski definition) is 2. The van der Waals surface area contributed by atoms with Gasteiger partial charge in [-0.25, -0.2) is 4.79 Å². The normalized spacial score (nSPS) is 12.5. The van der Waals surface area contributed by atoms with Crippen molar-refractivity contribution in [3.8, 4) is 0 Å². The molecule has 2 aromatic rings. The lowest BCUT2D eigenvalue weighted by Gasteiger charge is -2.15. The summed E-state index contributed by atoms with van der Waals surface area (Å²) in [4.78, 5) is 11.7. The highest BCUT2D eigenvalue weighted by atomic mass is 19.4. The predicted octanol–water partition coefficient (Wildman–Crippen LogP) is 3.43. The Kier molecular flexibility index (Phi) is 5.81. The summed E-state index contributed by atoms with van der Waals surface area (Å²) < 4.78 is 38.5. The van der Waals surface area contributed by atoms with Gasteiger partial charge in [-0.3, -0.25) is 0 Å². The summed E-state index contributed by atoms with van der Waals surface area (Å²) in [7, 11) is 0. The van der Waals surface area contributed by atoms with E-state index in [-0.39, 0.29) is 12.2 Å². The molecule has 0 unspecified atom stereocenters. The standard InChI is InChI=1S/C17H17F3N2O2/c18-17(19,20)14-8-4-5-9-15(14)22-16(24)21-11-13(23)10-12-6-2-1-3-7-12/h1-9,13,23H,10-11H2,(H2,21,22,24)/t13-/m1/s1. The quantitative estimate of drug-likeness (QED) is 0.782. The first-order valence-corrected chi connectivity index (χ1v) is 7.29. The number of carbonyl (C=O) groups is 1. The first-order chi connectivity index (χ1) is 11.4. The van der Waals surface area contributed by atoms with E-state index < -0.39 is 23.9 Å². The molecule has 0 aliphatic rings. The van der Waals surface area contributed by atoms with Crippen molar-refractivity contribution in [3.05, 3.63) is 65.7 Å². The molecule has 3 N–H and O–H groups in total. The maximum absolute atomic E-state index is 12.8. The lowest BCUT2D eigenvalue weighted by Crippen LogP contribution is -2.36. The Bertz CT molecular complexity index is 675. The number of urea groups is 1. The Hall–Kier alpha value is -2.54. The molecule has 0 bridgehead atoms. The number of halogens is 3. The summed E-state index contributed by atoms with van der Waals surface area (Å²) in [5, 5.41) is 14.4. The van der Waals surface area contributed by atoms with Gasteiger partial charge in [0.2, 0.25) is 0 Å². The van der Waals surface area contributed by atoms with Crippen LogP contribution in [0.2, 0.25) is 0 Å². The molecule has 1 atom stereocenters. The molecule has 0 fully saturated rings. The average molecular weight is 338 g/mol. The van der Waals surface area contributed by atoms with Crippen LogP contribution in [-0.2, 0) is 12.6 Å². The number of alkyl halides is 3. The van der Waals surface area contributed by atoms with Crippen LogP contribution in [0.3, 0.4) is 0 Å². The minimum absolute atomic E-state index is 0.0745. The molecule has 7 heteroatoms. The van der Waals surface area contributed by atoms with Gasteiger partial charge in [-0.15, -0.1) is 0 Å². The maximum Gasteiger partial charge on any atom is 0.418 e. The van der Waals surface area contributed by atoms with E-state index in [1.165, 1.54) is 18.2 Å². The van der Waals surface area contributed by atoms with Gasteiger partial charge in [0.1, 0.15) is 0 Å². The number of para-hydroxylation sites is 1. The molecule has 2 amide bonds. The van der Waals surface area contributed by atoms with E-state index in [0.29, 0.717) is 6.42 Å². The highest BCUT2D eigenvalue weighted by Gasteiger charge is 2.33. The van der Waals surface area contributed by atoms with Crippen LogP contribution < -0.4 is 10.6 Å². The molecule has 0 aromatic heterocycles. The zero-order chi connectivity index (χ0) is 17.6. The number of benzene rings is 2. The van der Waals surface area contributed by atoms with Gasteiger partial charge in [0, 0.05) is 13.0 Å². The highest BCUT2D eigenvalue weighted by Crippen LogP contribution is 2.34. The second-order valence-electron chi connectivity index (χ2n) is 5.22. The number of aliphatic hydroxyl groups excluding tert-OH is 1. The van der Waals surface area contributed by atoms with Crippen LogP contribution in [0.1, 0.15) is 11.1 Å². The minimum Gasteiger partial charge on any atom is -0.391 e. The minimum atomic E-state index is -4.56. The molecular formula is C17H17F3N2O2. The first-order valence-electron chi connectivity index (χ1n) is 7.29. The molecule has 24 heavy (non-hydrogen) atoms. The summed E-state index contributed by atoms with van der Waals surface area (Å²) in [5.74, 6) is 0. The van der Waals surface area contributed by atoms with Gasteiger partial charge in [-0.2, -0.15) is 13.2 Å². The third-order valence-corrected chi connectivity index (χ3v) is 3.29. The molecule has 0 saturated heterocycles. The van der Waals surface area contributed by atoms with Crippen molar-refractivity contribution < 1.29 is 23.1 Å². The molecule has 0 radical (unpaired) electrons. The van der Waals surface area contributed by atoms with Gasteiger partial charge in [0.05, 0.1) is 17.4 Å². The number of amides is 2. The Morgan fingerprint density at radius 2 is 1.67 bits per heavy atom. The fourth-order valence-electron chi connectivity index (χ4n) is 2.17. The van der Waals surface area contributed by atoms with Gasteiger partial charge in [0.25, 0.3) is 0 Å². The monoisotopic (exact) mass is 338 g/mol. The lowest BCUT2D eigenvalue weighted by atomic mass is 10.1. The molecule has 2 rings (SSSR count). The molecule has 0 aliphatic heterocycles. The van der Waals surface area contributed by atoms with Gasteiger partial charge < -0.3 is 15.7 Å². The van der Waals surface area contributed by atoms with Crippen LogP contribution in [0.25, 0.3) is 0 Å². The van der Waals surface area contributed by atoms with Crippen LogP contribution in [0.4, 0.5) is 23.7 Å². The number of carbonyl (C=O) groups excluding carboxylic acids is 1. The van der Waals surface area contributed by atoms with Crippen molar-refractivity contribution in [2.75, 3.05) is 11.9 Å². The fourth-order valence-corrected chi connectivity index (χ4v) is 2.17. The van der Waals surface area contributed by atoms with Crippen molar-refractivity contribution in [1.82, 2.24) is 5.32 Å². The Balaban J connectivity index is 1.88. The van der Waals surface area contributed by atoms with Crippen LogP contribution in [0.5, 0.6) is 0 Å². The van der Waals surface area contributed by atoms with Crippen LogP contribution in [-0.4, -0.2) is 23.8 Å². The van der Waals surface area contributed by atoms with Crippen LogP contribution in [0.15, 0.2) is 54.6 Å². The molecule has 0 aliphatic carbocycles. The number of nitrogens with one attached hydrogen (secondary N) is 2. The highest BCUT2D eigenvalue weighted by molar-refractivity contribution is 5.90. The van der Waals surface area contributed by atoms with E-state index in [0.717, 1.165) is 11.6 Å². The number of aliphatic hydroxyl groups is 1. The Labute approximate surface area is 137 Å². The van der Waals surface area contributed by atoms with Gasteiger partial charge in [-0.1, -0.05) is 42.5 Å². The zero-order valence-corrected chi connectivity index (χ0v) is 12.7. The van der Waals surface area contributed by atoms with Gasteiger partial charge in [-0.05, 0) is 17.7 Å². The number of hydrogen-bond donors (Lipinski definition) is 3. The molecule has 0 spiro atoms. The summed E-state index contributed by atoms with van der Waals surface area (Å²) in [6.45, 7) is -0.0745. The van der Waals surface area contributed by atoms with Crippen molar-refractivity contribution in [2.24, 2.45) is 0 Å². The predicted molar refractivity (Wildman–Crippen MR) is 84.6 cm³/mol. The first kappa shape index (κ1) is 17.8. The summed E-state index contributed by atoms with van der Waals surface area (Å²) in [6, 6.07) is 13.1. The second kappa shape index (κ2) is 7.83. The summed E-state index contributed by atoms with van der Waals surface area (Å²) in [6.07, 6.45) is -5.06. The molecule has 128 valence electrons. The van der Waals surface area contributed by atoms with E-state index >= 15 is 0 Å². The summed E-state index contributed by atoms with van der Waals surface area (Å²) in [5.41, 5.74) is -0.361. The van der Waals surface area contributed by atoms with E-state index in [4.69, 9.17) is 0 Å². The SMILES string of the molecule is O=C(NC[C@H](O)Cc1ccccc1)Nc1ccccc1C(F)(F)F. The third kappa shape index (κ3) is 5.27. The Morgan fingerprint density at radius 3 is 2.33 bits per heavy atom. The van der Waals surface area contributed by atoms with E-state index in [1.54, 1.807) is 0 Å². The van der Waals surface area contributed by atoms with Crippen molar-refractivity contribution in [3.63, 3.8) is 0 Å². The molecule has 2 aromatic carbocycles. The fraction of sp³-hybridized carbons (Fsp3) is 0.235. The molecule has 0 heterocycles. The molecular weight excluding hydrogens is 321 g/mol. The van der Waals surface area contributed by atoms with Crippen molar-refractivity contribution in [2.45, 2.75) is 18.7 Å². The molecule has 4 nitrogen and oxygen atoms in total. The van der Waals surface area contributed by atoms with Crippen LogP contribution in [0, 0.1) is 0 Å². The van der Waals surface area contributed by atoms with E-state index in [9.17, 15) is 23.1 Å². The summed E-state index contributed by atoms with van der Waals surface area (Å²) >= 11 is 0. The second-order valence-corrected chi connectivity index (χ2v) is 5.22. The van der Waals surface area contributed by atoms with E-state index in [1.807, 2.05) is 30.3 Å². The zero-order valence-electron chi connectivity index (χ0n) is 12.7. The average Bonchev–Trinajstić information content (AvgIpc) is 2.53. The van der Waals surface area contributed by atoms with Gasteiger partial charge in [0.15, 0.2) is 0 Å². The lowest BCUT2D eigenvalue weighted by molar-refractivity contribution is -0.136. The largest absolute Gasteiger partial charge is 0.418 e. The Morgan fingerprint density at radius 1 is 1.04 bits per heavy atom. The van der Waals surface area contributed by atoms with E-state index in [2.05, 4.69) is 10.6 Å². The maximum atomic E-state index is 12.8. The smallest absolute Gasteiger partial charge is 0.391 e. The topological polar surface area (TPSA) is 61.4 Å². The van der Waals surface area contributed by atoms with Crippen molar-refractivity contribution >= 4 is 11.7 Å². The number of rotatable bonds is 5. The molecule has 0 saturated carbocycles. The van der Waals surface area contributed by atoms with Crippen LogP contribution >= 0.6 is 0 Å².